The summed E-state index contributed by atoms with van der Waals surface area (Å²) in [4.78, 5) is 21.7. The van der Waals surface area contributed by atoms with Crippen LogP contribution in [-0.2, 0) is 6.18 Å². The van der Waals surface area contributed by atoms with Crippen LogP contribution in [0.2, 0.25) is 0 Å². The van der Waals surface area contributed by atoms with Gasteiger partial charge in [-0.3, -0.25) is 9.78 Å². The topological polar surface area (TPSA) is 72.1 Å². The molecule has 10 heteroatoms. The van der Waals surface area contributed by atoms with E-state index in [1.165, 1.54) is 30.5 Å². The molecule has 1 aliphatic heterocycles. The lowest BCUT2D eigenvalue weighted by molar-refractivity contribution is -0.159. The van der Waals surface area contributed by atoms with Crippen molar-refractivity contribution in [2.45, 2.75) is 24.9 Å². The monoisotopic (exact) mass is 420 g/mol. The van der Waals surface area contributed by atoms with Crippen molar-refractivity contribution in [3.05, 3.63) is 65.4 Å². The van der Waals surface area contributed by atoms with E-state index in [2.05, 4.69) is 19.6 Å². The minimum atomic E-state index is -4.72. The summed E-state index contributed by atoms with van der Waals surface area (Å²) in [7, 11) is 0. The Kier molecular flexibility index (Phi) is 5.23. The van der Waals surface area contributed by atoms with Crippen LogP contribution >= 0.6 is 0 Å². The maximum absolute atomic E-state index is 13.0. The highest BCUT2D eigenvalue weighted by Crippen LogP contribution is 2.32. The second-order valence-corrected chi connectivity index (χ2v) is 6.97. The molecular formula is C20H16F4N4O2. The van der Waals surface area contributed by atoms with E-state index < -0.39 is 17.9 Å². The molecule has 1 aromatic carbocycles. The van der Waals surface area contributed by atoms with E-state index in [0.717, 1.165) is 5.56 Å². The molecule has 1 amide bonds. The molecule has 3 aromatic rings. The number of carbonyl (C=O) groups excluding carboxylic acids is 1. The van der Waals surface area contributed by atoms with Gasteiger partial charge in [-0.25, -0.2) is 4.39 Å². The van der Waals surface area contributed by atoms with E-state index in [0.29, 0.717) is 31.5 Å². The molecule has 0 atom stereocenters. The van der Waals surface area contributed by atoms with Gasteiger partial charge in [0.05, 0.1) is 0 Å². The number of rotatable bonds is 3. The Morgan fingerprint density at radius 2 is 1.80 bits per heavy atom. The van der Waals surface area contributed by atoms with E-state index in [9.17, 15) is 22.4 Å². The molecule has 4 rings (SSSR count). The van der Waals surface area contributed by atoms with Crippen molar-refractivity contribution in [2.75, 3.05) is 13.1 Å². The highest BCUT2D eigenvalue weighted by atomic mass is 19.4. The van der Waals surface area contributed by atoms with Crippen molar-refractivity contribution in [1.29, 1.82) is 0 Å². The molecule has 0 aliphatic carbocycles. The van der Waals surface area contributed by atoms with Crippen LogP contribution in [-0.4, -0.2) is 39.0 Å². The lowest BCUT2D eigenvalue weighted by Gasteiger charge is -2.32. The predicted molar refractivity (Wildman–Crippen MR) is 96.8 cm³/mol. The molecule has 1 fully saturated rings. The Bertz CT molecular complexity index is 1040. The van der Waals surface area contributed by atoms with E-state index in [4.69, 9.17) is 0 Å². The summed E-state index contributed by atoms with van der Waals surface area (Å²) in [5.74, 6) is -2.10. The van der Waals surface area contributed by atoms with Crippen LogP contribution in [0.5, 0.6) is 0 Å². The van der Waals surface area contributed by atoms with Crippen LogP contribution in [0.4, 0.5) is 17.6 Å². The van der Waals surface area contributed by atoms with Gasteiger partial charge < -0.3 is 9.42 Å². The summed E-state index contributed by atoms with van der Waals surface area (Å²) < 4.78 is 55.3. The van der Waals surface area contributed by atoms with Crippen LogP contribution in [0.15, 0.2) is 47.1 Å². The zero-order chi connectivity index (χ0) is 21.3. The van der Waals surface area contributed by atoms with E-state index in [1.54, 1.807) is 17.0 Å². The summed E-state index contributed by atoms with van der Waals surface area (Å²) in [6.07, 6.45) is -1.87. The van der Waals surface area contributed by atoms with Crippen molar-refractivity contribution < 1.29 is 26.9 Å². The van der Waals surface area contributed by atoms with Gasteiger partial charge in [0.2, 0.25) is 5.82 Å². The van der Waals surface area contributed by atoms with E-state index in [-0.39, 0.29) is 23.3 Å². The maximum atomic E-state index is 13.0. The van der Waals surface area contributed by atoms with Gasteiger partial charge in [0.15, 0.2) is 0 Å². The van der Waals surface area contributed by atoms with Gasteiger partial charge in [-0.1, -0.05) is 5.16 Å². The predicted octanol–water partition coefficient (Wildman–Crippen LogP) is 4.31. The van der Waals surface area contributed by atoms with Crippen molar-refractivity contribution >= 4 is 5.91 Å². The van der Waals surface area contributed by atoms with E-state index >= 15 is 0 Å². The number of halogens is 4. The second kappa shape index (κ2) is 7.85. The Morgan fingerprint density at radius 1 is 1.10 bits per heavy atom. The number of carbonyl (C=O) groups is 1. The number of piperidine rings is 1. The first-order valence-electron chi connectivity index (χ1n) is 9.23. The molecule has 1 aliphatic rings. The first-order valence-corrected chi connectivity index (χ1v) is 9.23. The number of benzene rings is 1. The fourth-order valence-electron chi connectivity index (χ4n) is 3.46. The van der Waals surface area contributed by atoms with Gasteiger partial charge in [0.25, 0.3) is 5.91 Å². The Labute approximate surface area is 168 Å². The van der Waals surface area contributed by atoms with Crippen LogP contribution in [0.25, 0.3) is 11.5 Å². The minimum Gasteiger partial charge on any atom is -0.339 e. The Hall–Kier alpha value is -3.30. The average Bonchev–Trinajstić information content (AvgIpc) is 3.25. The third kappa shape index (κ3) is 4.17. The minimum absolute atomic E-state index is 0.109. The standard InChI is InChI=1S/C20H16F4N4O2/c21-15-3-1-13(2-4-15)18(29)28-9-6-12(7-10-28)14-5-8-25-16(11-14)17-26-19(30-27-17)20(22,23)24/h1-5,8,11-12H,6-7,9-10H2. The number of amides is 1. The van der Waals surface area contributed by atoms with Crippen molar-refractivity contribution in [2.24, 2.45) is 0 Å². The summed E-state index contributed by atoms with van der Waals surface area (Å²) in [6, 6.07) is 8.85. The molecule has 0 saturated carbocycles. The van der Waals surface area contributed by atoms with Crippen LogP contribution in [0, 0.1) is 5.82 Å². The number of hydrogen-bond acceptors (Lipinski definition) is 5. The largest absolute Gasteiger partial charge is 0.471 e. The SMILES string of the molecule is O=C(c1ccc(F)cc1)N1CCC(c2ccnc(-c3noc(C(F)(F)F)n3)c2)CC1. The Morgan fingerprint density at radius 3 is 2.43 bits per heavy atom. The summed E-state index contributed by atoms with van der Waals surface area (Å²) in [5.41, 5.74) is 1.50. The molecule has 30 heavy (non-hydrogen) atoms. The van der Waals surface area contributed by atoms with Gasteiger partial charge >= 0.3 is 12.1 Å². The molecule has 0 unspecified atom stereocenters. The van der Waals surface area contributed by atoms with Crippen molar-refractivity contribution in [1.82, 2.24) is 20.0 Å². The number of alkyl halides is 3. The van der Waals surface area contributed by atoms with Gasteiger partial charge in [-0.2, -0.15) is 18.2 Å². The van der Waals surface area contributed by atoms with Crippen LogP contribution < -0.4 is 0 Å². The van der Waals surface area contributed by atoms with Crippen LogP contribution in [0.3, 0.4) is 0 Å². The summed E-state index contributed by atoms with van der Waals surface area (Å²) in [6.45, 7) is 1.03. The van der Waals surface area contributed by atoms with Gasteiger partial charge in [-0.05, 0) is 60.7 Å². The lowest BCUT2D eigenvalue weighted by Crippen LogP contribution is -2.37. The number of aromatic nitrogens is 3. The summed E-state index contributed by atoms with van der Waals surface area (Å²) >= 11 is 0. The number of hydrogen-bond donors (Lipinski definition) is 0. The third-order valence-electron chi connectivity index (χ3n) is 5.03. The molecule has 0 bridgehead atoms. The van der Waals surface area contributed by atoms with Gasteiger partial charge in [0, 0.05) is 24.8 Å². The van der Waals surface area contributed by atoms with Gasteiger partial charge in [0.1, 0.15) is 11.5 Å². The van der Waals surface area contributed by atoms with Crippen LogP contribution in [0.1, 0.15) is 40.6 Å². The third-order valence-corrected chi connectivity index (χ3v) is 5.03. The normalized spacial score (nSPS) is 15.4. The molecule has 0 radical (unpaired) electrons. The Balaban J connectivity index is 1.44. The lowest BCUT2D eigenvalue weighted by atomic mass is 9.89. The molecule has 1 saturated heterocycles. The van der Waals surface area contributed by atoms with Gasteiger partial charge in [-0.15, -0.1) is 0 Å². The number of pyridine rings is 1. The fraction of sp³-hybridized carbons (Fsp3) is 0.300. The number of likely N-dealkylation sites (tertiary alicyclic amines) is 1. The molecule has 6 nitrogen and oxygen atoms in total. The molecule has 156 valence electrons. The number of nitrogens with zero attached hydrogens (tertiary/aromatic N) is 4. The first-order chi connectivity index (χ1) is 14.3. The summed E-state index contributed by atoms with van der Waals surface area (Å²) in [5, 5.41) is 3.37. The highest BCUT2D eigenvalue weighted by Gasteiger charge is 2.38. The second-order valence-electron chi connectivity index (χ2n) is 6.97. The zero-order valence-electron chi connectivity index (χ0n) is 15.6. The van der Waals surface area contributed by atoms with E-state index in [1.807, 2.05) is 0 Å². The fourth-order valence-corrected chi connectivity index (χ4v) is 3.46. The zero-order valence-corrected chi connectivity index (χ0v) is 15.6. The maximum Gasteiger partial charge on any atom is 0.471 e. The molecule has 0 spiro atoms. The highest BCUT2D eigenvalue weighted by molar-refractivity contribution is 5.94. The molecule has 0 N–H and O–H groups in total. The average molecular weight is 420 g/mol. The first kappa shape index (κ1) is 20.0. The van der Waals surface area contributed by atoms with Crippen molar-refractivity contribution in [3.63, 3.8) is 0 Å². The smallest absolute Gasteiger partial charge is 0.339 e. The quantitative estimate of drug-likeness (QED) is 0.591. The molecule has 3 heterocycles. The molecular weight excluding hydrogens is 404 g/mol. The molecule has 2 aromatic heterocycles. The van der Waals surface area contributed by atoms with Crippen molar-refractivity contribution in [3.8, 4) is 11.5 Å².